The van der Waals surface area contributed by atoms with Crippen molar-refractivity contribution in [3.63, 3.8) is 0 Å². The average molecular weight is 842 g/mol. The van der Waals surface area contributed by atoms with Crippen molar-refractivity contribution in [1.82, 2.24) is 0 Å². The minimum atomic E-state index is -4.45. The Labute approximate surface area is 350 Å². The fourth-order valence-electron chi connectivity index (χ4n) is 6.97. The Balaban J connectivity index is 2.36. The number of carbonyl (C=O) groups excluding carboxylic acids is 3. The van der Waals surface area contributed by atoms with E-state index in [1.807, 2.05) is 6.08 Å². The van der Waals surface area contributed by atoms with E-state index >= 15 is 0 Å². The van der Waals surface area contributed by atoms with Gasteiger partial charge in [-0.05, 0) is 57.8 Å². The number of hydrogen-bond acceptors (Lipinski definition) is 11. The van der Waals surface area contributed by atoms with Gasteiger partial charge in [-0.1, -0.05) is 134 Å². The SMILES string of the molecule is CCCCC/C=C\C/C=C\CCCCCCCCCC(=O)OC[C@H](COP(=O)(O)OCCN)OC(=O)CCCCCC[C@H]1C(=O)C[C@@H](O)[C@@H]1/C=C/[C@@H](O)CCCCC. The molecule has 12 nitrogen and oxygen atoms in total. The third-order valence-corrected chi connectivity index (χ3v) is 11.4. The van der Waals surface area contributed by atoms with E-state index < -0.39 is 44.7 Å². The summed E-state index contributed by atoms with van der Waals surface area (Å²) in [6, 6.07) is 0. The van der Waals surface area contributed by atoms with Crippen LogP contribution in [0, 0.1) is 11.8 Å². The summed E-state index contributed by atoms with van der Waals surface area (Å²) in [6.07, 6.45) is 32.1. The van der Waals surface area contributed by atoms with Crippen molar-refractivity contribution in [3.8, 4) is 0 Å². The highest BCUT2D eigenvalue weighted by Gasteiger charge is 2.39. The Kier molecular flexibility index (Phi) is 33.0. The van der Waals surface area contributed by atoms with Crippen LogP contribution >= 0.6 is 7.82 Å². The summed E-state index contributed by atoms with van der Waals surface area (Å²) in [4.78, 5) is 47.7. The zero-order valence-electron chi connectivity index (χ0n) is 36.0. The maximum absolute atomic E-state index is 12.7. The molecule has 0 aromatic heterocycles. The zero-order valence-corrected chi connectivity index (χ0v) is 36.9. The molecule has 1 unspecified atom stereocenters. The van der Waals surface area contributed by atoms with Gasteiger partial charge in [-0.2, -0.15) is 0 Å². The second-order valence-electron chi connectivity index (χ2n) is 15.7. The molecule has 58 heavy (non-hydrogen) atoms. The highest BCUT2D eigenvalue weighted by atomic mass is 31.2. The van der Waals surface area contributed by atoms with Crippen LogP contribution in [0.15, 0.2) is 36.5 Å². The second-order valence-corrected chi connectivity index (χ2v) is 17.1. The lowest BCUT2D eigenvalue weighted by Gasteiger charge is -2.20. The van der Waals surface area contributed by atoms with Crippen LogP contribution < -0.4 is 5.73 Å². The summed E-state index contributed by atoms with van der Waals surface area (Å²) in [6.45, 7) is 3.32. The van der Waals surface area contributed by atoms with Crippen LogP contribution in [0.5, 0.6) is 0 Å². The van der Waals surface area contributed by atoms with E-state index in [4.69, 9.17) is 24.3 Å². The van der Waals surface area contributed by atoms with Crippen LogP contribution in [0.4, 0.5) is 0 Å². The molecule has 6 atom stereocenters. The molecule has 0 amide bonds. The first kappa shape index (κ1) is 53.8. The molecule has 1 aliphatic carbocycles. The number of phosphoric ester groups is 1. The number of aliphatic hydroxyl groups is 2. The molecule has 0 bridgehead atoms. The minimum Gasteiger partial charge on any atom is -0.462 e. The molecule has 0 heterocycles. The second kappa shape index (κ2) is 35.6. The largest absolute Gasteiger partial charge is 0.472 e. The smallest absolute Gasteiger partial charge is 0.462 e. The fourth-order valence-corrected chi connectivity index (χ4v) is 7.74. The molecular formula is C45H80NO11P. The van der Waals surface area contributed by atoms with Crippen LogP contribution in [0.3, 0.4) is 0 Å². The highest BCUT2D eigenvalue weighted by Crippen LogP contribution is 2.43. The molecule has 0 aliphatic heterocycles. The molecule has 0 spiro atoms. The van der Waals surface area contributed by atoms with Crippen LogP contribution in [0.1, 0.15) is 174 Å². The van der Waals surface area contributed by atoms with Gasteiger partial charge in [0, 0.05) is 37.6 Å². The standard InChI is InChI=1S/C45H80NO11P/c1-3-5-7-8-9-10-11-12-13-14-15-16-17-18-19-20-25-29-44(50)54-36-39(37-56-58(52,53)55-34-33-46)57-45(51)30-26-22-21-24-28-40-41(43(49)35-42(40)48)32-31-38(47)27-23-6-4-2/h9-10,12-13,31-32,38-41,43,47,49H,3-8,11,14-30,33-37,46H2,1-2H3,(H,52,53)/b10-9-,13-12-,32-31+/t38-,39+,40+,41+,43+/m0/s1. The Hall–Kier alpha value is -2.18. The van der Waals surface area contributed by atoms with Gasteiger partial charge in [-0.3, -0.25) is 23.4 Å². The minimum absolute atomic E-state index is 0.0129. The highest BCUT2D eigenvalue weighted by molar-refractivity contribution is 7.47. The summed E-state index contributed by atoms with van der Waals surface area (Å²) in [5, 5.41) is 20.7. The summed E-state index contributed by atoms with van der Waals surface area (Å²) >= 11 is 0. The van der Waals surface area contributed by atoms with Gasteiger partial charge in [0.15, 0.2) is 6.10 Å². The summed E-state index contributed by atoms with van der Waals surface area (Å²) < 4.78 is 32.8. The van der Waals surface area contributed by atoms with Crippen molar-refractivity contribution in [2.24, 2.45) is 17.6 Å². The molecule has 1 saturated carbocycles. The lowest BCUT2D eigenvalue weighted by atomic mass is 9.88. The first-order chi connectivity index (χ1) is 28.0. The normalized spacial score (nSPS) is 19.3. The van der Waals surface area contributed by atoms with Crippen molar-refractivity contribution in [2.45, 2.75) is 193 Å². The van der Waals surface area contributed by atoms with Crippen LogP contribution in [0.2, 0.25) is 0 Å². The van der Waals surface area contributed by atoms with Crippen LogP contribution in [-0.2, 0) is 37.5 Å². The van der Waals surface area contributed by atoms with Gasteiger partial charge in [-0.25, -0.2) is 4.57 Å². The average Bonchev–Trinajstić information content (AvgIpc) is 3.47. The number of aliphatic hydroxyl groups excluding tert-OH is 2. The first-order valence-corrected chi connectivity index (χ1v) is 24.1. The molecule has 0 aromatic rings. The Morgan fingerprint density at radius 3 is 2.03 bits per heavy atom. The van der Waals surface area contributed by atoms with Crippen LogP contribution in [-0.4, -0.2) is 77.5 Å². The van der Waals surface area contributed by atoms with E-state index in [0.717, 1.165) is 64.2 Å². The number of nitrogens with two attached hydrogens (primary N) is 1. The van der Waals surface area contributed by atoms with E-state index in [1.165, 1.54) is 44.9 Å². The number of carbonyl (C=O) groups is 3. The number of Topliss-reactive ketones (excluding diaryl/α,β-unsaturated/α-hetero) is 1. The molecule has 1 fully saturated rings. The quantitative estimate of drug-likeness (QED) is 0.0200. The Morgan fingerprint density at radius 2 is 1.38 bits per heavy atom. The van der Waals surface area contributed by atoms with E-state index in [-0.39, 0.29) is 56.6 Å². The summed E-state index contributed by atoms with van der Waals surface area (Å²) in [5.41, 5.74) is 5.35. The third kappa shape index (κ3) is 29.1. The number of ketones is 1. The van der Waals surface area contributed by atoms with Gasteiger partial charge in [0.2, 0.25) is 0 Å². The van der Waals surface area contributed by atoms with E-state index in [0.29, 0.717) is 32.1 Å². The third-order valence-electron chi connectivity index (χ3n) is 10.4. The van der Waals surface area contributed by atoms with Crippen molar-refractivity contribution in [2.75, 3.05) is 26.4 Å². The van der Waals surface area contributed by atoms with Crippen molar-refractivity contribution in [3.05, 3.63) is 36.5 Å². The molecule has 0 aromatic carbocycles. The molecule has 336 valence electrons. The van der Waals surface area contributed by atoms with E-state index in [1.54, 1.807) is 6.08 Å². The number of hydrogen-bond donors (Lipinski definition) is 4. The summed E-state index contributed by atoms with van der Waals surface area (Å²) in [5.74, 6) is -1.55. The molecule has 1 aliphatic rings. The van der Waals surface area contributed by atoms with Crippen molar-refractivity contribution in [1.29, 1.82) is 0 Å². The van der Waals surface area contributed by atoms with Gasteiger partial charge in [0.25, 0.3) is 0 Å². The number of unbranched alkanes of at least 4 members (excludes halogenated alkanes) is 15. The number of ether oxygens (including phenoxy) is 2. The van der Waals surface area contributed by atoms with E-state index in [9.17, 15) is 34.1 Å². The molecule has 0 radical (unpaired) electrons. The topological polar surface area (TPSA) is 192 Å². The van der Waals surface area contributed by atoms with Gasteiger partial charge in [-0.15, -0.1) is 0 Å². The van der Waals surface area contributed by atoms with Gasteiger partial charge in [0.1, 0.15) is 12.4 Å². The van der Waals surface area contributed by atoms with Crippen LogP contribution in [0.25, 0.3) is 0 Å². The van der Waals surface area contributed by atoms with Gasteiger partial charge in [0.05, 0.1) is 25.4 Å². The number of rotatable bonds is 38. The fraction of sp³-hybridized carbons (Fsp3) is 0.800. The monoisotopic (exact) mass is 842 g/mol. The number of esters is 2. The molecule has 1 rings (SSSR count). The summed E-state index contributed by atoms with van der Waals surface area (Å²) in [7, 11) is -4.45. The number of allylic oxidation sites excluding steroid dienone is 4. The first-order valence-electron chi connectivity index (χ1n) is 22.6. The molecular weight excluding hydrogens is 761 g/mol. The Bertz CT molecular complexity index is 1210. The zero-order chi connectivity index (χ0) is 42.7. The lowest BCUT2D eigenvalue weighted by Crippen LogP contribution is -2.29. The molecule has 13 heteroatoms. The number of phosphoric acid groups is 1. The molecule has 0 saturated heterocycles. The Morgan fingerprint density at radius 1 is 0.793 bits per heavy atom. The maximum Gasteiger partial charge on any atom is 0.472 e. The van der Waals surface area contributed by atoms with Crippen molar-refractivity contribution < 1.29 is 52.6 Å². The molecule has 5 N–H and O–H groups in total. The van der Waals surface area contributed by atoms with Crippen molar-refractivity contribution >= 4 is 25.5 Å². The maximum atomic E-state index is 12.7. The van der Waals surface area contributed by atoms with E-state index in [2.05, 4.69) is 38.2 Å². The van der Waals surface area contributed by atoms with Gasteiger partial charge >= 0.3 is 19.8 Å². The lowest BCUT2D eigenvalue weighted by molar-refractivity contribution is -0.161. The van der Waals surface area contributed by atoms with Gasteiger partial charge < -0.3 is 30.3 Å². The predicted octanol–water partition coefficient (Wildman–Crippen LogP) is 9.53. The predicted molar refractivity (Wildman–Crippen MR) is 230 cm³/mol.